The highest BCUT2D eigenvalue weighted by molar-refractivity contribution is 7.20. The minimum atomic E-state index is -0.408. The molecule has 0 aliphatic carbocycles. The fourth-order valence-corrected chi connectivity index (χ4v) is 5.47. The van der Waals surface area contributed by atoms with Crippen molar-refractivity contribution in [1.82, 2.24) is 4.90 Å². The van der Waals surface area contributed by atoms with E-state index in [-0.39, 0.29) is 12.5 Å². The third kappa shape index (κ3) is 3.85. The van der Waals surface area contributed by atoms with Crippen LogP contribution in [-0.2, 0) is 17.7 Å². The van der Waals surface area contributed by atoms with E-state index in [2.05, 4.69) is 10.2 Å². The molecule has 1 aliphatic rings. The van der Waals surface area contributed by atoms with Crippen molar-refractivity contribution in [1.29, 1.82) is 0 Å². The molecule has 134 valence electrons. The summed E-state index contributed by atoms with van der Waals surface area (Å²) in [4.78, 5) is 28.2. The number of thiophene rings is 2. The number of amides is 1. The van der Waals surface area contributed by atoms with Gasteiger partial charge in [0.25, 0.3) is 5.91 Å². The van der Waals surface area contributed by atoms with Gasteiger partial charge in [-0.3, -0.25) is 4.79 Å². The monoisotopic (exact) mass is 418 g/mol. The number of fused-ring (bicyclic) bond motifs is 1. The number of nitrogens with one attached hydrogen (secondary N) is 1. The zero-order valence-corrected chi connectivity index (χ0v) is 16.8. The van der Waals surface area contributed by atoms with Crippen molar-refractivity contribution in [2.75, 3.05) is 25.5 Å². The summed E-state index contributed by atoms with van der Waals surface area (Å²) in [6.07, 6.45) is 0.747. The van der Waals surface area contributed by atoms with Crippen LogP contribution in [0.15, 0.2) is 6.07 Å². The molecule has 1 N–H and O–H groups in total. The number of hydrogen-bond donors (Lipinski definition) is 1. The van der Waals surface area contributed by atoms with Crippen LogP contribution in [-0.4, -0.2) is 37.0 Å². The molecule has 3 heterocycles. The van der Waals surface area contributed by atoms with Gasteiger partial charge in [0.05, 0.1) is 22.1 Å². The van der Waals surface area contributed by atoms with E-state index in [9.17, 15) is 9.59 Å². The topological polar surface area (TPSA) is 58.6 Å². The van der Waals surface area contributed by atoms with Crippen LogP contribution in [0.4, 0.5) is 5.00 Å². The van der Waals surface area contributed by atoms with Gasteiger partial charge in [-0.25, -0.2) is 4.79 Å². The van der Waals surface area contributed by atoms with E-state index >= 15 is 0 Å². The Kier molecular flexibility index (Phi) is 5.70. The Labute approximate surface area is 163 Å². The maximum atomic E-state index is 12.6. The number of nitrogens with zero attached hydrogens (tertiary/aromatic N) is 1. The highest BCUT2D eigenvalue weighted by Gasteiger charge is 2.29. The van der Waals surface area contributed by atoms with E-state index in [4.69, 9.17) is 27.9 Å². The lowest BCUT2D eigenvalue weighted by molar-refractivity contribution is 0.0526. The molecule has 0 atom stereocenters. The Morgan fingerprint density at radius 1 is 1.36 bits per heavy atom. The van der Waals surface area contributed by atoms with Crippen LogP contribution in [0.2, 0.25) is 8.67 Å². The van der Waals surface area contributed by atoms with Crippen LogP contribution in [0.5, 0.6) is 0 Å². The highest BCUT2D eigenvalue weighted by Crippen LogP contribution is 2.38. The van der Waals surface area contributed by atoms with Crippen molar-refractivity contribution in [2.24, 2.45) is 0 Å². The van der Waals surface area contributed by atoms with E-state index in [1.165, 1.54) is 17.4 Å². The fourth-order valence-electron chi connectivity index (χ4n) is 2.70. The lowest BCUT2D eigenvalue weighted by Gasteiger charge is -2.22. The standard InChI is InChI=1S/C16H16Cl2N2O3S2/c1-3-23-16(22)12-8-4-5-20(2)7-10(8)24-15(12)19-14(21)9-6-11(17)25-13(9)18/h6H,3-5,7H2,1-2H3,(H,19,21). The normalized spacial score (nSPS) is 14.2. The van der Waals surface area contributed by atoms with Gasteiger partial charge in [-0.2, -0.15) is 0 Å². The molecule has 0 fully saturated rings. The first-order chi connectivity index (χ1) is 11.9. The van der Waals surface area contributed by atoms with Crippen molar-refractivity contribution >= 4 is 62.8 Å². The van der Waals surface area contributed by atoms with E-state index in [0.717, 1.165) is 41.3 Å². The fraction of sp³-hybridized carbons (Fsp3) is 0.375. The average molecular weight is 419 g/mol. The quantitative estimate of drug-likeness (QED) is 0.740. The lowest BCUT2D eigenvalue weighted by Crippen LogP contribution is -2.26. The van der Waals surface area contributed by atoms with Crippen LogP contribution in [0.1, 0.15) is 38.1 Å². The summed E-state index contributed by atoms with van der Waals surface area (Å²) in [6, 6.07) is 1.52. The molecule has 0 spiro atoms. The number of rotatable bonds is 4. The van der Waals surface area contributed by atoms with Gasteiger partial charge < -0.3 is 15.0 Å². The molecule has 5 nitrogen and oxygen atoms in total. The molecular formula is C16H16Cl2N2O3S2. The lowest BCUT2D eigenvalue weighted by atomic mass is 10.0. The van der Waals surface area contributed by atoms with E-state index in [0.29, 0.717) is 24.8 Å². The predicted molar refractivity (Wildman–Crippen MR) is 103 cm³/mol. The molecule has 25 heavy (non-hydrogen) atoms. The van der Waals surface area contributed by atoms with Crippen LogP contribution >= 0.6 is 45.9 Å². The zero-order chi connectivity index (χ0) is 18.1. The van der Waals surface area contributed by atoms with Crippen LogP contribution in [0.3, 0.4) is 0 Å². The predicted octanol–water partition coefficient (Wildman–Crippen LogP) is 4.53. The van der Waals surface area contributed by atoms with E-state index in [1.807, 2.05) is 7.05 Å². The first-order valence-electron chi connectivity index (χ1n) is 7.67. The second-order valence-electron chi connectivity index (χ2n) is 5.61. The molecule has 0 saturated heterocycles. The summed E-state index contributed by atoms with van der Waals surface area (Å²) in [7, 11) is 2.03. The van der Waals surface area contributed by atoms with Gasteiger partial charge in [-0.15, -0.1) is 22.7 Å². The molecule has 0 unspecified atom stereocenters. The number of carbonyl (C=O) groups is 2. The Morgan fingerprint density at radius 3 is 2.76 bits per heavy atom. The summed E-state index contributed by atoms with van der Waals surface area (Å²) in [6.45, 7) is 3.64. The molecule has 2 aromatic heterocycles. The van der Waals surface area contributed by atoms with Gasteiger partial charge in [-0.1, -0.05) is 23.2 Å². The summed E-state index contributed by atoms with van der Waals surface area (Å²) in [5.74, 6) is -0.792. The minimum absolute atomic E-state index is 0.280. The number of esters is 1. The SMILES string of the molecule is CCOC(=O)c1c(NC(=O)c2cc(Cl)sc2Cl)sc2c1CCN(C)C2. The maximum Gasteiger partial charge on any atom is 0.341 e. The second-order valence-corrected chi connectivity index (χ2v) is 9.00. The number of anilines is 1. The Morgan fingerprint density at radius 2 is 2.12 bits per heavy atom. The number of ether oxygens (including phenoxy) is 1. The van der Waals surface area contributed by atoms with Crippen molar-refractivity contribution in [3.63, 3.8) is 0 Å². The third-order valence-electron chi connectivity index (χ3n) is 3.86. The number of likely N-dealkylation sites (N-methyl/N-ethyl adjacent to an activating group) is 1. The number of carbonyl (C=O) groups excluding carboxylic acids is 2. The number of hydrogen-bond acceptors (Lipinski definition) is 6. The van der Waals surface area contributed by atoms with Crippen molar-refractivity contribution in [2.45, 2.75) is 19.9 Å². The molecule has 1 amide bonds. The average Bonchev–Trinajstić information content (AvgIpc) is 3.06. The summed E-state index contributed by atoms with van der Waals surface area (Å²) >= 11 is 14.5. The molecule has 0 aromatic carbocycles. The Balaban J connectivity index is 1.96. The first kappa shape index (κ1) is 18.7. The maximum absolute atomic E-state index is 12.6. The highest BCUT2D eigenvalue weighted by atomic mass is 35.5. The van der Waals surface area contributed by atoms with E-state index in [1.54, 1.807) is 6.92 Å². The Bertz CT molecular complexity index is 832. The van der Waals surface area contributed by atoms with Gasteiger partial charge >= 0.3 is 5.97 Å². The van der Waals surface area contributed by atoms with Crippen LogP contribution in [0, 0.1) is 0 Å². The third-order valence-corrected chi connectivity index (χ3v) is 6.48. The smallest absolute Gasteiger partial charge is 0.341 e. The van der Waals surface area contributed by atoms with Gasteiger partial charge in [-0.05, 0) is 32.0 Å². The van der Waals surface area contributed by atoms with Gasteiger partial charge in [0.2, 0.25) is 0 Å². The molecule has 3 rings (SSSR count). The van der Waals surface area contributed by atoms with Crippen molar-refractivity contribution in [3.05, 3.63) is 36.3 Å². The largest absolute Gasteiger partial charge is 0.462 e. The summed E-state index contributed by atoms with van der Waals surface area (Å²) < 4.78 is 5.95. The molecule has 9 heteroatoms. The molecule has 2 aromatic rings. The van der Waals surface area contributed by atoms with Crippen molar-refractivity contribution in [3.8, 4) is 0 Å². The summed E-state index contributed by atoms with van der Waals surface area (Å²) in [5.41, 5.74) is 1.72. The van der Waals surface area contributed by atoms with Gasteiger partial charge in [0.15, 0.2) is 0 Å². The zero-order valence-electron chi connectivity index (χ0n) is 13.7. The molecule has 0 radical (unpaired) electrons. The molecular weight excluding hydrogens is 403 g/mol. The van der Waals surface area contributed by atoms with Gasteiger partial charge in [0, 0.05) is 18.0 Å². The Hall–Kier alpha value is -1.12. The van der Waals surface area contributed by atoms with Crippen LogP contribution < -0.4 is 5.32 Å². The summed E-state index contributed by atoms with van der Waals surface area (Å²) in [5, 5.41) is 3.32. The molecule has 1 aliphatic heterocycles. The van der Waals surface area contributed by atoms with Crippen LogP contribution in [0.25, 0.3) is 0 Å². The van der Waals surface area contributed by atoms with E-state index < -0.39 is 5.97 Å². The second kappa shape index (κ2) is 7.63. The molecule has 0 saturated carbocycles. The first-order valence-corrected chi connectivity index (χ1v) is 10.1. The number of halogens is 2. The van der Waals surface area contributed by atoms with Crippen molar-refractivity contribution < 1.29 is 14.3 Å². The van der Waals surface area contributed by atoms with Gasteiger partial charge in [0.1, 0.15) is 9.34 Å². The minimum Gasteiger partial charge on any atom is -0.462 e. The molecule has 0 bridgehead atoms.